The number of likely N-dealkylation sites (tertiary alicyclic amines) is 1. The van der Waals surface area contributed by atoms with Crippen LogP contribution in [0.5, 0.6) is 5.75 Å². The minimum Gasteiger partial charge on any atom is -0.492 e. The molecule has 1 saturated heterocycles. The lowest BCUT2D eigenvalue weighted by molar-refractivity contribution is 0.123. The van der Waals surface area contributed by atoms with Crippen molar-refractivity contribution in [2.45, 2.75) is 25.3 Å². The number of rotatable bonds is 6. The van der Waals surface area contributed by atoms with Crippen molar-refractivity contribution in [1.82, 2.24) is 10.2 Å². The van der Waals surface area contributed by atoms with Gasteiger partial charge in [0, 0.05) is 19.1 Å². The summed E-state index contributed by atoms with van der Waals surface area (Å²) in [5.74, 6) is 0.972. The number of ether oxygens (including phenoxy) is 1. The lowest BCUT2D eigenvalue weighted by atomic mass is 10.0. The second kappa shape index (κ2) is 7.39. The van der Waals surface area contributed by atoms with Crippen LogP contribution in [-0.2, 0) is 0 Å². The molecule has 1 aromatic rings. The van der Waals surface area contributed by atoms with Gasteiger partial charge in [-0.15, -0.1) is 0 Å². The maximum atomic E-state index is 5.77. The fourth-order valence-corrected chi connectivity index (χ4v) is 2.62. The zero-order valence-corrected chi connectivity index (χ0v) is 11.3. The molecule has 0 aliphatic carbocycles. The van der Waals surface area contributed by atoms with E-state index in [-0.39, 0.29) is 0 Å². The summed E-state index contributed by atoms with van der Waals surface area (Å²) in [6.07, 6.45) is 4.00. The van der Waals surface area contributed by atoms with Crippen LogP contribution in [0.15, 0.2) is 30.3 Å². The predicted octanol–water partition coefficient (Wildman–Crippen LogP) is 2.14. The van der Waals surface area contributed by atoms with Gasteiger partial charge in [0.2, 0.25) is 0 Å². The Morgan fingerprint density at radius 3 is 2.89 bits per heavy atom. The topological polar surface area (TPSA) is 24.5 Å². The summed E-state index contributed by atoms with van der Waals surface area (Å²) in [5.41, 5.74) is 0. The van der Waals surface area contributed by atoms with Gasteiger partial charge in [0.05, 0.1) is 0 Å². The summed E-state index contributed by atoms with van der Waals surface area (Å²) < 4.78 is 5.77. The second-order valence-electron chi connectivity index (χ2n) is 4.90. The van der Waals surface area contributed by atoms with Gasteiger partial charge in [0.15, 0.2) is 0 Å². The summed E-state index contributed by atoms with van der Waals surface area (Å²) >= 11 is 0. The lowest BCUT2D eigenvalue weighted by Crippen LogP contribution is -2.46. The van der Waals surface area contributed by atoms with Crippen molar-refractivity contribution in [3.05, 3.63) is 30.3 Å². The molecule has 1 unspecified atom stereocenters. The molecule has 2 rings (SSSR count). The standard InChI is InChI=1S/C15H24N2O/c1-16-13-14-7-5-6-10-17(14)11-12-18-15-8-3-2-4-9-15/h2-4,8-9,14,16H,5-7,10-13H2,1H3. The van der Waals surface area contributed by atoms with Crippen molar-refractivity contribution in [2.75, 3.05) is 33.3 Å². The third-order valence-electron chi connectivity index (χ3n) is 3.58. The van der Waals surface area contributed by atoms with Gasteiger partial charge < -0.3 is 10.1 Å². The number of piperidine rings is 1. The molecule has 0 radical (unpaired) electrons. The summed E-state index contributed by atoms with van der Waals surface area (Å²) in [6, 6.07) is 10.8. The normalized spacial score (nSPS) is 20.8. The number of nitrogens with zero attached hydrogens (tertiary/aromatic N) is 1. The first kappa shape index (κ1) is 13.4. The van der Waals surface area contributed by atoms with Crippen molar-refractivity contribution in [3.63, 3.8) is 0 Å². The minimum atomic E-state index is 0.683. The van der Waals surface area contributed by atoms with Crippen molar-refractivity contribution >= 4 is 0 Å². The quantitative estimate of drug-likeness (QED) is 0.835. The Kier molecular flexibility index (Phi) is 5.49. The summed E-state index contributed by atoms with van der Waals surface area (Å²) in [4.78, 5) is 2.56. The molecule has 1 atom stereocenters. The van der Waals surface area contributed by atoms with Gasteiger partial charge in [0.1, 0.15) is 12.4 Å². The average molecular weight is 248 g/mol. The van der Waals surface area contributed by atoms with E-state index in [0.717, 1.165) is 25.4 Å². The Morgan fingerprint density at radius 2 is 2.11 bits per heavy atom. The zero-order valence-electron chi connectivity index (χ0n) is 11.3. The van der Waals surface area contributed by atoms with Gasteiger partial charge in [-0.1, -0.05) is 24.6 Å². The van der Waals surface area contributed by atoms with Crippen LogP contribution >= 0.6 is 0 Å². The van der Waals surface area contributed by atoms with E-state index in [4.69, 9.17) is 4.74 Å². The molecule has 1 aliphatic heterocycles. The number of nitrogens with one attached hydrogen (secondary N) is 1. The van der Waals surface area contributed by atoms with E-state index in [0.29, 0.717) is 6.04 Å². The molecule has 1 heterocycles. The van der Waals surface area contributed by atoms with E-state index in [1.807, 2.05) is 37.4 Å². The molecular formula is C15H24N2O. The van der Waals surface area contributed by atoms with E-state index in [2.05, 4.69) is 10.2 Å². The molecule has 3 heteroatoms. The fraction of sp³-hybridized carbons (Fsp3) is 0.600. The van der Waals surface area contributed by atoms with Crippen molar-refractivity contribution in [2.24, 2.45) is 0 Å². The van der Waals surface area contributed by atoms with Crippen LogP contribution in [0, 0.1) is 0 Å². The Bertz CT molecular complexity index is 327. The molecule has 0 aromatic heterocycles. The zero-order chi connectivity index (χ0) is 12.6. The van der Waals surface area contributed by atoms with Crippen molar-refractivity contribution < 1.29 is 4.74 Å². The third kappa shape index (κ3) is 4.00. The smallest absolute Gasteiger partial charge is 0.119 e. The van der Waals surface area contributed by atoms with Gasteiger partial charge in [-0.3, -0.25) is 4.90 Å². The maximum Gasteiger partial charge on any atom is 0.119 e. The van der Waals surface area contributed by atoms with Gasteiger partial charge in [-0.05, 0) is 38.6 Å². The van der Waals surface area contributed by atoms with E-state index in [9.17, 15) is 0 Å². The largest absolute Gasteiger partial charge is 0.492 e. The lowest BCUT2D eigenvalue weighted by Gasteiger charge is -2.35. The average Bonchev–Trinajstić information content (AvgIpc) is 2.42. The van der Waals surface area contributed by atoms with Crippen molar-refractivity contribution in [3.8, 4) is 5.75 Å². The molecule has 1 aliphatic rings. The summed E-state index contributed by atoms with van der Waals surface area (Å²) in [6.45, 7) is 4.11. The van der Waals surface area contributed by atoms with Crippen molar-refractivity contribution in [1.29, 1.82) is 0 Å². The number of likely N-dealkylation sites (N-methyl/N-ethyl adjacent to an activating group) is 1. The molecule has 1 aromatic carbocycles. The van der Waals surface area contributed by atoms with E-state index in [1.54, 1.807) is 0 Å². The van der Waals surface area contributed by atoms with Gasteiger partial charge in [-0.2, -0.15) is 0 Å². The number of para-hydroxylation sites is 1. The molecule has 1 N–H and O–H groups in total. The van der Waals surface area contributed by atoms with Crippen LogP contribution in [-0.4, -0.2) is 44.2 Å². The SMILES string of the molecule is CNCC1CCCCN1CCOc1ccccc1. The number of hydrogen-bond donors (Lipinski definition) is 1. The Labute approximate surface area is 110 Å². The molecule has 0 spiro atoms. The maximum absolute atomic E-state index is 5.77. The highest BCUT2D eigenvalue weighted by Gasteiger charge is 2.21. The number of benzene rings is 1. The highest BCUT2D eigenvalue weighted by molar-refractivity contribution is 5.20. The molecular weight excluding hydrogens is 224 g/mol. The van der Waals surface area contributed by atoms with Gasteiger partial charge >= 0.3 is 0 Å². The molecule has 100 valence electrons. The Balaban J connectivity index is 1.74. The van der Waals surface area contributed by atoms with Crippen LogP contribution in [0.2, 0.25) is 0 Å². The Hall–Kier alpha value is -1.06. The monoisotopic (exact) mass is 248 g/mol. The fourth-order valence-electron chi connectivity index (χ4n) is 2.62. The van der Waals surface area contributed by atoms with Gasteiger partial charge in [0.25, 0.3) is 0 Å². The number of hydrogen-bond acceptors (Lipinski definition) is 3. The summed E-state index contributed by atoms with van der Waals surface area (Å²) in [5, 5.41) is 3.29. The first-order valence-electron chi connectivity index (χ1n) is 6.96. The highest BCUT2D eigenvalue weighted by atomic mass is 16.5. The summed E-state index contributed by atoms with van der Waals surface area (Å²) in [7, 11) is 2.03. The van der Waals surface area contributed by atoms with Gasteiger partial charge in [-0.25, -0.2) is 0 Å². The first-order valence-corrected chi connectivity index (χ1v) is 6.96. The van der Waals surface area contributed by atoms with Crippen LogP contribution < -0.4 is 10.1 Å². The molecule has 18 heavy (non-hydrogen) atoms. The molecule has 3 nitrogen and oxygen atoms in total. The molecule has 0 bridgehead atoms. The molecule has 0 amide bonds. The van der Waals surface area contributed by atoms with Crippen LogP contribution in [0.3, 0.4) is 0 Å². The molecule has 0 saturated carbocycles. The van der Waals surface area contributed by atoms with E-state index in [1.165, 1.54) is 25.8 Å². The minimum absolute atomic E-state index is 0.683. The highest BCUT2D eigenvalue weighted by Crippen LogP contribution is 2.16. The van der Waals surface area contributed by atoms with Crippen LogP contribution in [0.1, 0.15) is 19.3 Å². The third-order valence-corrected chi connectivity index (χ3v) is 3.58. The van der Waals surface area contributed by atoms with Crippen LogP contribution in [0.25, 0.3) is 0 Å². The van der Waals surface area contributed by atoms with Crippen LogP contribution in [0.4, 0.5) is 0 Å². The predicted molar refractivity (Wildman–Crippen MR) is 75.1 cm³/mol. The molecule has 1 fully saturated rings. The Morgan fingerprint density at radius 1 is 1.28 bits per heavy atom. The second-order valence-corrected chi connectivity index (χ2v) is 4.90. The first-order chi connectivity index (χ1) is 8.90. The van der Waals surface area contributed by atoms with E-state index < -0.39 is 0 Å². The van der Waals surface area contributed by atoms with E-state index >= 15 is 0 Å².